The molecule has 0 saturated carbocycles. The van der Waals surface area contributed by atoms with E-state index in [1.54, 1.807) is 4.90 Å². The molecule has 1 heterocycles. The van der Waals surface area contributed by atoms with Gasteiger partial charge in [-0.05, 0) is 30.7 Å². The van der Waals surface area contributed by atoms with E-state index < -0.39 is 5.97 Å². The molecule has 0 N–H and O–H groups in total. The van der Waals surface area contributed by atoms with Gasteiger partial charge in [-0.1, -0.05) is 41.9 Å². The molecule has 3 rings (SSSR count). The number of benzene rings is 2. The molecule has 2 aromatic rings. The molecule has 0 bridgehead atoms. The molecule has 0 aromatic heterocycles. The van der Waals surface area contributed by atoms with Gasteiger partial charge in [0.1, 0.15) is 5.75 Å². The van der Waals surface area contributed by atoms with Gasteiger partial charge in [-0.3, -0.25) is 9.59 Å². The third-order valence-electron chi connectivity index (χ3n) is 4.84. The molecule has 1 aliphatic rings. The maximum absolute atomic E-state index is 12.3. The van der Waals surface area contributed by atoms with Crippen molar-refractivity contribution < 1.29 is 19.1 Å². The fraction of sp³-hybridized carbons (Fsp3) is 0.364. The number of carbonyl (C=O) groups excluding carboxylic acids is 2. The number of carbonyl (C=O) groups is 2. The number of nitrogens with zero attached hydrogens (tertiary/aromatic N) is 2. The van der Waals surface area contributed by atoms with Crippen LogP contribution in [0.1, 0.15) is 12.0 Å². The number of halogens is 1. The number of para-hydroxylation sites is 2. The summed E-state index contributed by atoms with van der Waals surface area (Å²) < 4.78 is 10.7. The molecule has 7 heteroatoms. The van der Waals surface area contributed by atoms with Crippen molar-refractivity contribution >= 4 is 29.2 Å². The summed E-state index contributed by atoms with van der Waals surface area (Å²) in [6, 6.07) is 15.3. The molecule has 1 fully saturated rings. The van der Waals surface area contributed by atoms with Crippen molar-refractivity contribution in [2.75, 3.05) is 44.3 Å². The molecule has 0 aliphatic carbocycles. The van der Waals surface area contributed by atoms with Crippen LogP contribution in [0.4, 0.5) is 5.69 Å². The normalized spacial score (nSPS) is 13.9. The topological polar surface area (TPSA) is 59.1 Å². The molecule has 0 spiro atoms. The smallest absolute Gasteiger partial charge is 0.309 e. The quantitative estimate of drug-likeness (QED) is 0.648. The molecule has 154 valence electrons. The molecule has 1 amide bonds. The second-order valence-corrected chi connectivity index (χ2v) is 7.25. The van der Waals surface area contributed by atoms with Crippen LogP contribution in [-0.2, 0) is 14.3 Å². The number of hydrogen-bond acceptors (Lipinski definition) is 5. The number of rotatable bonds is 7. The third kappa shape index (κ3) is 5.87. The van der Waals surface area contributed by atoms with Gasteiger partial charge in [0.05, 0.1) is 23.7 Å². The second kappa shape index (κ2) is 10.2. The van der Waals surface area contributed by atoms with Crippen LogP contribution in [0.2, 0.25) is 5.02 Å². The Hall–Kier alpha value is -2.73. The first-order valence-corrected chi connectivity index (χ1v) is 10.0. The average molecular weight is 417 g/mol. The Balaban J connectivity index is 1.36. The Kier molecular flexibility index (Phi) is 7.36. The van der Waals surface area contributed by atoms with E-state index in [2.05, 4.69) is 4.90 Å². The summed E-state index contributed by atoms with van der Waals surface area (Å²) >= 11 is 6.24. The SMILES string of the molecule is Cc1ccccc1OCCC(=O)OCC(=O)N1CCN(c2ccccc2Cl)CC1. The Morgan fingerprint density at radius 3 is 2.41 bits per heavy atom. The van der Waals surface area contributed by atoms with Gasteiger partial charge in [0.15, 0.2) is 6.61 Å². The minimum absolute atomic E-state index is 0.0991. The highest BCUT2D eigenvalue weighted by Gasteiger charge is 2.23. The van der Waals surface area contributed by atoms with Crippen LogP contribution >= 0.6 is 11.6 Å². The van der Waals surface area contributed by atoms with Gasteiger partial charge in [-0.2, -0.15) is 0 Å². The van der Waals surface area contributed by atoms with Crippen LogP contribution in [0.3, 0.4) is 0 Å². The van der Waals surface area contributed by atoms with Crippen molar-refractivity contribution in [1.29, 1.82) is 0 Å². The number of hydrogen-bond donors (Lipinski definition) is 0. The lowest BCUT2D eigenvalue weighted by atomic mass is 10.2. The van der Waals surface area contributed by atoms with Gasteiger partial charge < -0.3 is 19.3 Å². The molecule has 6 nitrogen and oxygen atoms in total. The zero-order valence-corrected chi connectivity index (χ0v) is 17.2. The molecule has 1 saturated heterocycles. The highest BCUT2D eigenvalue weighted by atomic mass is 35.5. The molecule has 29 heavy (non-hydrogen) atoms. The minimum Gasteiger partial charge on any atom is -0.493 e. The summed E-state index contributed by atoms with van der Waals surface area (Å²) in [4.78, 5) is 28.1. The van der Waals surface area contributed by atoms with Crippen molar-refractivity contribution in [1.82, 2.24) is 4.90 Å². The molecular formula is C22H25ClN2O4. The first kappa shape index (κ1) is 21.0. The minimum atomic E-state index is -0.443. The highest BCUT2D eigenvalue weighted by molar-refractivity contribution is 6.33. The fourth-order valence-corrected chi connectivity index (χ4v) is 3.43. The highest BCUT2D eigenvalue weighted by Crippen LogP contribution is 2.26. The number of piperazine rings is 1. The number of amides is 1. The second-order valence-electron chi connectivity index (χ2n) is 6.84. The van der Waals surface area contributed by atoms with Gasteiger partial charge >= 0.3 is 5.97 Å². The first-order chi connectivity index (χ1) is 14.0. The fourth-order valence-electron chi connectivity index (χ4n) is 3.17. The maximum atomic E-state index is 12.3. The van der Waals surface area contributed by atoms with E-state index >= 15 is 0 Å². The predicted molar refractivity (Wildman–Crippen MR) is 112 cm³/mol. The van der Waals surface area contributed by atoms with Crippen LogP contribution in [-0.4, -0.2) is 56.2 Å². The van der Waals surface area contributed by atoms with E-state index in [4.69, 9.17) is 21.1 Å². The standard InChI is InChI=1S/C22H25ClN2O4/c1-17-6-2-5-9-20(17)28-15-10-22(27)29-16-21(26)25-13-11-24(12-14-25)19-8-4-3-7-18(19)23/h2-9H,10-16H2,1H3. The van der Waals surface area contributed by atoms with Crippen LogP contribution in [0.5, 0.6) is 5.75 Å². The van der Waals surface area contributed by atoms with Crippen molar-refractivity contribution in [3.8, 4) is 5.75 Å². The zero-order chi connectivity index (χ0) is 20.6. The van der Waals surface area contributed by atoms with Crippen molar-refractivity contribution in [3.63, 3.8) is 0 Å². The van der Waals surface area contributed by atoms with E-state index in [1.165, 1.54) is 0 Å². The Morgan fingerprint density at radius 2 is 1.69 bits per heavy atom. The maximum Gasteiger partial charge on any atom is 0.309 e. The van der Waals surface area contributed by atoms with Crippen LogP contribution < -0.4 is 9.64 Å². The Morgan fingerprint density at radius 1 is 1.00 bits per heavy atom. The zero-order valence-electron chi connectivity index (χ0n) is 16.5. The van der Waals surface area contributed by atoms with Gasteiger partial charge in [0, 0.05) is 26.2 Å². The summed E-state index contributed by atoms with van der Waals surface area (Å²) in [5.74, 6) is 0.117. The summed E-state index contributed by atoms with van der Waals surface area (Å²) in [6.07, 6.45) is 0.0991. The van der Waals surface area contributed by atoms with Gasteiger partial charge in [0.2, 0.25) is 0 Å². The summed E-state index contributed by atoms with van der Waals surface area (Å²) in [5, 5.41) is 0.703. The van der Waals surface area contributed by atoms with Gasteiger partial charge in [0.25, 0.3) is 5.91 Å². The van der Waals surface area contributed by atoms with E-state index in [0.29, 0.717) is 31.2 Å². The lowest BCUT2D eigenvalue weighted by molar-refractivity contribution is -0.152. The Labute approximate surface area is 176 Å². The molecule has 0 atom stereocenters. The largest absolute Gasteiger partial charge is 0.493 e. The van der Waals surface area contributed by atoms with Crippen LogP contribution in [0.25, 0.3) is 0 Å². The Bertz CT molecular complexity index is 850. The van der Waals surface area contributed by atoms with Crippen LogP contribution in [0.15, 0.2) is 48.5 Å². The molecule has 2 aromatic carbocycles. The van der Waals surface area contributed by atoms with E-state index in [0.717, 1.165) is 17.0 Å². The third-order valence-corrected chi connectivity index (χ3v) is 5.16. The summed E-state index contributed by atoms with van der Waals surface area (Å²) in [7, 11) is 0. The van der Waals surface area contributed by atoms with Crippen molar-refractivity contribution in [3.05, 3.63) is 59.1 Å². The number of aryl methyl sites for hydroxylation is 1. The van der Waals surface area contributed by atoms with Gasteiger partial charge in [-0.25, -0.2) is 0 Å². The van der Waals surface area contributed by atoms with E-state index in [9.17, 15) is 9.59 Å². The van der Waals surface area contributed by atoms with Gasteiger partial charge in [-0.15, -0.1) is 0 Å². The lowest BCUT2D eigenvalue weighted by Gasteiger charge is -2.36. The van der Waals surface area contributed by atoms with Crippen molar-refractivity contribution in [2.24, 2.45) is 0 Å². The number of ether oxygens (including phenoxy) is 2. The molecular weight excluding hydrogens is 392 g/mol. The summed E-state index contributed by atoms with van der Waals surface area (Å²) in [6.45, 7) is 4.43. The van der Waals surface area contributed by atoms with E-state index in [-0.39, 0.29) is 25.5 Å². The number of esters is 1. The molecule has 0 radical (unpaired) electrons. The lowest BCUT2D eigenvalue weighted by Crippen LogP contribution is -2.50. The number of anilines is 1. The van der Waals surface area contributed by atoms with E-state index in [1.807, 2.05) is 55.5 Å². The molecule has 0 unspecified atom stereocenters. The average Bonchev–Trinajstić information content (AvgIpc) is 2.74. The molecule has 1 aliphatic heterocycles. The predicted octanol–water partition coefficient (Wildman–Crippen LogP) is 3.31. The van der Waals surface area contributed by atoms with Crippen molar-refractivity contribution in [2.45, 2.75) is 13.3 Å². The first-order valence-electron chi connectivity index (χ1n) is 9.66. The van der Waals surface area contributed by atoms with Crippen LogP contribution in [0, 0.1) is 6.92 Å². The summed E-state index contributed by atoms with van der Waals surface area (Å²) in [5.41, 5.74) is 1.98. The monoisotopic (exact) mass is 416 g/mol.